The van der Waals surface area contributed by atoms with Gasteiger partial charge in [-0.25, -0.2) is 15.0 Å². The molecule has 0 aliphatic heterocycles. The molecule has 10 aromatic rings. The van der Waals surface area contributed by atoms with Crippen molar-refractivity contribution >= 4 is 21.9 Å². The highest BCUT2D eigenvalue weighted by Gasteiger charge is 2.23. The van der Waals surface area contributed by atoms with E-state index in [0.29, 0.717) is 17.5 Å². The van der Waals surface area contributed by atoms with Gasteiger partial charge in [0.05, 0.1) is 0 Å². The fourth-order valence-corrected chi connectivity index (χ4v) is 7.52. The molecule has 0 bridgehead atoms. The molecule has 0 N–H and O–H groups in total. The predicted molar refractivity (Wildman–Crippen MR) is 225 cm³/mol. The fourth-order valence-electron chi connectivity index (χ4n) is 7.52. The summed E-state index contributed by atoms with van der Waals surface area (Å²) in [6.45, 7) is 0. The highest BCUT2D eigenvalue weighted by molar-refractivity contribution is 6.20. The Hall–Kier alpha value is -7.43. The van der Waals surface area contributed by atoms with Crippen LogP contribution >= 0.6 is 0 Å². The van der Waals surface area contributed by atoms with Crippen LogP contribution in [-0.2, 0) is 0 Å². The van der Waals surface area contributed by atoms with Crippen molar-refractivity contribution in [2.24, 2.45) is 0 Å². The second-order valence-corrected chi connectivity index (χ2v) is 13.5. The van der Waals surface area contributed by atoms with Crippen molar-refractivity contribution in [2.45, 2.75) is 0 Å². The van der Waals surface area contributed by atoms with E-state index >= 15 is 0 Å². The number of fused-ring (bicyclic) bond motifs is 3. The molecule has 0 atom stereocenters. The quantitative estimate of drug-likeness (QED) is 0.166. The van der Waals surface area contributed by atoms with Crippen LogP contribution in [0, 0.1) is 0 Å². The van der Waals surface area contributed by atoms with E-state index in [1.54, 1.807) is 0 Å². The molecule has 0 spiro atoms. The van der Waals surface area contributed by atoms with Gasteiger partial charge in [0.2, 0.25) is 0 Å². The van der Waals surface area contributed by atoms with Crippen molar-refractivity contribution in [2.75, 3.05) is 0 Å². The lowest BCUT2D eigenvalue weighted by Crippen LogP contribution is -2.01. The number of furan rings is 1. The van der Waals surface area contributed by atoms with E-state index < -0.39 is 0 Å². The molecule has 8 aromatic carbocycles. The third-order valence-corrected chi connectivity index (χ3v) is 10.2. The maximum atomic E-state index is 7.13. The second kappa shape index (κ2) is 13.8. The van der Waals surface area contributed by atoms with Crippen molar-refractivity contribution in [3.05, 3.63) is 200 Å². The molecule has 4 nitrogen and oxygen atoms in total. The number of benzene rings is 8. The van der Waals surface area contributed by atoms with Crippen LogP contribution in [0.2, 0.25) is 0 Å². The molecule has 2 heterocycles. The summed E-state index contributed by atoms with van der Waals surface area (Å²) in [5.41, 5.74) is 13.0. The van der Waals surface area contributed by atoms with Crippen molar-refractivity contribution < 1.29 is 4.42 Å². The zero-order valence-electron chi connectivity index (χ0n) is 29.8. The number of rotatable bonds is 7. The smallest absolute Gasteiger partial charge is 0.164 e. The Morgan fingerprint density at radius 2 is 0.709 bits per heavy atom. The van der Waals surface area contributed by atoms with E-state index in [1.807, 2.05) is 66.7 Å². The van der Waals surface area contributed by atoms with E-state index in [9.17, 15) is 0 Å². The second-order valence-electron chi connectivity index (χ2n) is 13.5. The predicted octanol–water partition coefficient (Wildman–Crippen LogP) is 13.4. The normalized spacial score (nSPS) is 11.3. The Labute approximate surface area is 319 Å². The van der Waals surface area contributed by atoms with Gasteiger partial charge in [-0.15, -0.1) is 0 Å². The molecule has 0 fully saturated rings. The van der Waals surface area contributed by atoms with E-state index in [0.717, 1.165) is 83.1 Å². The average molecular weight is 704 g/mol. The summed E-state index contributed by atoms with van der Waals surface area (Å²) in [7, 11) is 0. The summed E-state index contributed by atoms with van der Waals surface area (Å²) in [6, 6.07) is 69.2. The van der Waals surface area contributed by atoms with Crippen molar-refractivity contribution in [1.29, 1.82) is 0 Å². The highest BCUT2D eigenvalue weighted by Crippen LogP contribution is 2.47. The number of aromatic nitrogens is 3. The third-order valence-electron chi connectivity index (χ3n) is 10.2. The summed E-state index contributed by atoms with van der Waals surface area (Å²) in [4.78, 5) is 15.3. The van der Waals surface area contributed by atoms with Gasteiger partial charge in [0.25, 0.3) is 0 Å². The Balaban J connectivity index is 1.28. The molecule has 0 saturated carbocycles. The minimum atomic E-state index is 0.603. The average Bonchev–Trinajstić information content (AvgIpc) is 3.67. The topological polar surface area (TPSA) is 51.8 Å². The van der Waals surface area contributed by atoms with Crippen LogP contribution in [-0.4, -0.2) is 15.0 Å². The van der Waals surface area contributed by atoms with Gasteiger partial charge in [-0.3, -0.25) is 0 Å². The van der Waals surface area contributed by atoms with Crippen molar-refractivity contribution in [3.8, 4) is 78.7 Å². The molecule has 10 rings (SSSR count). The van der Waals surface area contributed by atoms with Crippen LogP contribution in [0.5, 0.6) is 0 Å². The van der Waals surface area contributed by atoms with E-state index in [-0.39, 0.29) is 0 Å². The van der Waals surface area contributed by atoms with Crippen LogP contribution in [0.1, 0.15) is 0 Å². The van der Waals surface area contributed by atoms with Crippen LogP contribution < -0.4 is 0 Å². The summed E-state index contributed by atoms with van der Waals surface area (Å²) >= 11 is 0. The molecule has 2 aromatic heterocycles. The molecule has 0 radical (unpaired) electrons. The lowest BCUT2D eigenvalue weighted by molar-refractivity contribution is 0.671. The molecular weight excluding hydrogens is 671 g/mol. The maximum Gasteiger partial charge on any atom is 0.164 e. The first-order valence-electron chi connectivity index (χ1n) is 18.4. The molecule has 258 valence electrons. The zero-order chi connectivity index (χ0) is 36.6. The first kappa shape index (κ1) is 32.2. The largest absolute Gasteiger partial charge is 0.455 e. The maximum absolute atomic E-state index is 7.13. The SMILES string of the molecule is c1ccc(-c2cc(-c3ccccc3)c3oc4c(-c5ccccc5)ccc(-c5ccccc5-c5nc(-c6ccccc6)nc(-c6ccccc6)n5)c4c3c2)cc1. The van der Waals surface area contributed by atoms with Crippen LogP contribution in [0.15, 0.2) is 205 Å². The van der Waals surface area contributed by atoms with E-state index in [4.69, 9.17) is 19.4 Å². The minimum Gasteiger partial charge on any atom is -0.455 e. The van der Waals surface area contributed by atoms with Crippen LogP contribution in [0.4, 0.5) is 0 Å². The van der Waals surface area contributed by atoms with E-state index in [2.05, 4.69) is 133 Å². The molecule has 0 aliphatic rings. The van der Waals surface area contributed by atoms with Gasteiger partial charge < -0.3 is 4.42 Å². The molecule has 0 saturated heterocycles. The highest BCUT2D eigenvalue weighted by atomic mass is 16.3. The van der Waals surface area contributed by atoms with Gasteiger partial charge in [-0.05, 0) is 51.6 Å². The van der Waals surface area contributed by atoms with Crippen molar-refractivity contribution in [3.63, 3.8) is 0 Å². The Bertz CT molecular complexity index is 2890. The Morgan fingerprint density at radius 3 is 1.27 bits per heavy atom. The first-order valence-corrected chi connectivity index (χ1v) is 18.4. The van der Waals surface area contributed by atoms with Crippen molar-refractivity contribution in [1.82, 2.24) is 15.0 Å². The van der Waals surface area contributed by atoms with E-state index in [1.165, 1.54) is 0 Å². The first-order chi connectivity index (χ1) is 27.3. The monoisotopic (exact) mass is 703 g/mol. The Kier molecular flexibility index (Phi) is 8.12. The number of hydrogen-bond donors (Lipinski definition) is 0. The van der Waals surface area contributed by atoms with Gasteiger partial charge in [-0.1, -0.05) is 182 Å². The summed E-state index contributed by atoms with van der Waals surface area (Å²) in [6.07, 6.45) is 0. The van der Waals surface area contributed by atoms with Crippen LogP contribution in [0.3, 0.4) is 0 Å². The molecule has 0 aliphatic carbocycles. The van der Waals surface area contributed by atoms with Gasteiger partial charge >= 0.3 is 0 Å². The standard InChI is InChI=1S/C51H33N3O/c1-6-18-34(19-7-1)39-32-44(36-22-10-3-11-23-36)47-45(33-39)46-42(31-30-40(48(46)55-47)35-20-8-2-9-21-35)41-28-16-17-29-43(41)51-53-49(37-24-12-4-13-25-37)52-50(54-51)38-26-14-5-15-27-38/h1-33H. The lowest BCUT2D eigenvalue weighted by Gasteiger charge is -2.14. The number of hydrogen-bond acceptors (Lipinski definition) is 4. The minimum absolute atomic E-state index is 0.603. The Morgan fingerprint density at radius 1 is 0.273 bits per heavy atom. The zero-order valence-corrected chi connectivity index (χ0v) is 29.8. The van der Waals surface area contributed by atoms with Gasteiger partial charge in [0.15, 0.2) is 17.5 Å². The molecular formula is C51H33N3O. The summed E-state index contributed by atoms with van der Waals surface area (Å²) in [5.74, 6) is 1.85. The fraction of sp³-hybridized carbons (Fsp3) is 0. The summed E-state index contributed by atoms with van der Waals surface area (Å²) < 4.78 is 7.13. The summed E-state index contributed by atoms with van der Waals surface area (Å²) in [5, 5.41) is 2.09. The number of nitrogens with zero attached hydrogens (tertiary/aromatic N) is 3. The van der Waals surface area contributed by atoms with Crippen LogP contribution in [0.25, 0.3) is 101 Å². The molecule has 4 heteroatoms. The van der Waals surface area contributed by atoms with Gasteiger partial charge in [-0.2, -0.15) is 0 Å². The third kappa shape index (κ3) is 5.96. The molecule has 0 unspecified atom stereocenters. The molecule has 55 heavy (non-hydrogen) atoms. The van der Waals surface area contributed by atoms with Gasteiger partial charge in [0, 0.05) is 38.6 Å². The molecule has 0 amide bonds. The van der Waals surface area contributed by atoms with Gasteiger partial charge in [0.1, 0.15) is 11.2 Å². The lowest BCUT2D eigenvalue weighted by atomic mass is 9.90.